The van der Waals surface area contributed by atoms with Gasteiger partial charge in [0.25, 0.3) is 0 Å². The Bertz CT molecular complexity index is 714. The molecule has 1 aliphatic rings. The van der Waals surface area contributed by atoms with Crippen molar-refractivity contribution in [1.82, 2.24) is 5.32 Å². The summed E-state index contributed by atoms with van der Waals surface area (Å²) in [5, 5.41) is 2.79. The molecule has 2 aromatic rings. The normalized spacial score (nSPS) is 18.5. The first-order valence-electron chi connectivity index (χ1n) is 7.75. The number of hydrogen-bond donors (Lipinski definition) is 1. The summed E-state index contributed by atoms with van der Waals surface area (Å²) in [6.45, 7) is 0.576. The third-order valence-electron chi connectivity index (χ3n) is 4.29. The van der Waals surface area contributed by atoms with E-state index in [0.717, 1.165) is 5.56 Å². The van der Waals surface area contributed by atoms with Crippen molar-refractivity contribution in [3.8, 4) is 0 Å². The van der Waals surface area contributed by atoms with Crippen molar-refractivity contribution in [2.75, 3.05) is 6.54 Å². The lowest BCUT2D eigenvalue weighted by Gasteiger charge is -2.19. The zero-order valence-corrected chi connectivity index (χ0v) is 12.7. The van der Waals surface area contributed by atoms with Gasteiger partial charge in [-0.15, -0.1) is 0 Å². The van der Waals surface area contributed by atoms with Crippen LogP contribution in [0.4, 0.5) is 4.39 Å². The smallest absolute Gasteiger partial charge is 0.220 e. The van der Waals surface area contributed by atoms with Gasteiger partial charge in [-0.25, -0.2) is 4.39 Å². The second kappa shape index (κ2) is 6.73. The average Bonchev–Trinajstić information content (AvgIpc) is 2.98. The third kappa shape index (κ3) is 3.47. The third-order valence-corrected chi connectivity index (χ3v) is 4.29. The van der Waals surface area contributed by atoms with Crippen molar-refractivity contribution in [1.29, 1.82) is 0 Å². The Morgan fingerprint density at radius 1 is 1.13 bits per heavy atom. The molecule has 118 valence electrons. The summed E-state index contributed by atoms with van der Waals surface area (Å²) in [4.78, 5) is 24.3. The zero-order valence-electron chi connectivity index (χ0n) is 12.7. The highest BCUT2D eigenvalue weighted by Gasteiger charge is 2.30. The number of hydrogen-bond acceptors (Lipinski definition) is 2. The van der Waals surface area contributed by atoms with E-state index in [2.05, 4.69) is 5.32 Å². The molecule has 1 saturated heterocycles. The Balaban J connectivity index is 1.90. The highest BCUT2D eigenvalue weighted by molar-refractivity contribution is 6.01. The number of ketones is 1. The minimum Gasteiger partial charge on any atom is -0.356 e. The van der Waals surface area contributed by atoms with Crippen LogP contribution in [0.5, 0.6) is 0 Å². The molecule has 0 aliphatic carbocycles. The van der Waals surface area contributed by atoms with Crippen LogP contribution in [0.25, 0.3) is 0 Å². The predicted molar refractivity (Wildman–Crippen MR) is 85.6 cm³/mol. The van der Waals surface area contributed by atoms with Crippen LogP contribution in [0.3, 0.4) is 0 Å². The van der Waals surface area contributed by atoms with Gasteiger partial charge in [0.2, 0.25) is 5.91 Å². The molecule has 3 rings (SSSR count). The van der Waals surface area contributed by atoms with Crippen molar-refractivity contribution in [3.63, 3.8) is 0 Å². The maximum absolute atomic E-state index is 14.0. The van der Waals surface area contributed by atoms with Crippen LogP contribution in [0.15, 0.2) is 54.6 Å². The number of amides is 1. The van der Waals surface area contributed by atoms with Crippen LogP contribution in [0, 0.1) is 11.7 Å². The Labute approximate surface area is 134 Å². The molecule has 3 nitrogen and oxygen atoms in total. The van der Waals surface area contributed by atoms with E-state index in [4.69, 9.17) is 0 Å². The van der Waals surface area contributed by atoms with Crippen molar-refractivity contribution in [2.24, 2.45) is 5.92 Å². The summed E-state index contributed by atoms with van der Waals surface area (Å²) >= 11 is 0. The molecule has 0 radical (unpaired) electrons. The molecule has 0 bridgehead atoms. The lowest BCUT2D eigenvalue weighted by molar-refractivity contribution is -0.119. The Hall–Kier alpha value is -2.49. The summed E-state index contributed by atoms with van der Waals surface area (Å²) in [6.07, 6.45) is 0.962. The number of carbonyl (C=O) groups excluding carboxylic acids is 2. The van der Waals surface area contributed by atoms with E-state index in [0.29, 0.717) is 19.4 Å². The summed E-state index contributed by atoms with van der Waals surface area (Å²) < 4.78 is 14.0. The molecule has 2 atom stereocenters. The SMILES string of the molecule is O=C1CC(C[C@H](C(=O)c2ccccc2F)c2ccccc2)CN1. The molecule has 1 heterocycles. The standard InChI is InChI=1S/C19H18FNO2/c20-17-9-5-4-8-15(17)19(23)16(14-6-2-1-3-7-14)10-13-11-18(22)21-12-13/h1-9,13,16H,10-12H2,(H,21,22)/t13?,16-/m0/s1. The molecular weight excluding hydrogens is 293 g/mol. The molecule has 0 aromatic heterocycles. The van der Waals surface area contributed by atoms with Crippen LogP contribution in [0.2, 0.25) is 0 Å². The fraction of sp³-hybridized carbons (Fsp3) is 0.263. The monoisotopic (exact) mass is 311 g/mol. The van der Waals surface area contributed by atoms with Gasteiger partial charge in [0, 0.05) is 18.9 Å². The van der Waals surface area contributed by atoms with Gasteiger partial charge < -0.3 is 5.32 Å². The molecule has 2 aromatic carbocycles. The van der Waals surface area contributed by atoms with Crippen molar-refractivity contribution in [3.05, 3.63) is 71.5 Å². The summed E-state index contributed by atoms with van der Waals surface area (Å²) in [7, 11) is 0. The van der Waals surface area contributed by atoms with E-state index in [1.54, 1.807) is 12.1 Å². The number of benzene rings is 2. The summed E-state index contributed by atoms with van der Waals surface area (Å²) in [5.41, 5.74) is 0.971. The lowest BCUT2D eigenvalue weighted by Crippen LogP contribution is -2.19. The van der Waals surface area contributed by atoms with E-state index in [9.17, 15) is 14.0 Å². The topological polar surface area (TPSA) is 46.2 Å². The van der Waals surface area contributed by atoms with Crippen LogP contribution in [-0.4, -0.2) is 18.2 Å². The second-order valence-electron chi connectivity index (χ2n) is 5.92. The highest BCUT2D eigenvalue weighted by atomic mass is 19.1. The van der Waals surface area contributed by atoms with Crippen molar-refractivity contribution < 1.29 is 14.0 Å². The van der Waals surface area contributed by atoms with Crippen LogP contribution in [-0.2, 0) is 4.79 Å². The maximum Gasteiger partial charge on any atom is 0.220 e. The molecule has 1 N–H and O–H groups in total. The average molecular weight is 311 g/mol. The lowest BCUT2D eigenvalue weighted by atomic mass is 9.83. The first-order valence-corrected chi connectivity index (χ1v) is 7.75. The molecule has 1 aliphatic heterocycles. The van der Waals surface area contributed by atoms with Crippen LogP contribution in [0.1, 0.15) is 34.7 Å². The molecule has 1 amide bonds. The number of halogens is 1. The minimum absolute atomic E-state index is 0.0140. The number of rotatable bonds is 5. The predicted octanol–water partition coefficient (Wildman–Crippen LogP) is 3.32. The van der Waals surface area contributed by atoms with E-state index in [1.165, 1.54) is 12.1 Å². The van der Waals surface area contributed by atoms with Crippen molar-refractivity contribution in [2.45, 2.75) is 18.8 Å². The Kier molecular flexibility index (Phi) is 4.51. The van der Waals surface area contributed by atoms with Gasteiger partial charge >= 0.3 is 0 Å². The fourth-order valence-corrected chi connectivity index (χ4v) is 3.09. The molecule has 4 heteroatoms. The molecule has 0 spiro atoms. The molecule has 23 heavy (non-hydrogen) atoms. The van der Waals surface area contributed by atoms with Crippen LogP contribution < -0.4 is 5.32 Å². The van der Waals surface area contributed by atoms with E-state index < -0.39 is 11.7 Å². The van der Waals surface area contributed by atoms with Crippen LogP contribution >= 0.6 is 0 Å². The molecule has 0 saturated carbocycles. The van der Waals surface area contributed by atoms with Gasteiger partial charge in [-0.2, -0.15) is 0 Å². The number of carbonyl (C=O) groups is 2. The zero-order chi connectivity index (χ0) is 16.2. The number of Topliss-reactive ketones (excluding diaryl/α,β-unsaturated/α-hetero) is 1. The van der Waals surface area contributed by atoms with E-state index >= 15 is 0 Å². The van der Waals surface area contributed by atoms with Gasteiger partial charge in [-0.1, -0.05) is 42.5 Å². The highest BCUT2D eigenvalue weighted by Crippen LogP contribution is 2.31. The minimum atomic E-state index is -0.501. The van der Waals surface area contributed by atoms with Gasteiger partial charge in [0.1, 0.15) is 5.82 Å². The first-order chi connectivity index (χ1) is 11.1. The first kappa shape index (κ1) is 15.4. The Morgan fingerprint density at radius 3 is 2.48 bits per heavy atom. The van der Waals surface area contributed by atoms with Gasteiger partial charge in [0.15, 0.2) is 5.78 Å². The molecule has 1 fully saturated rings. The summed E-state index contributed by atoms with van der Waals surface area (Å²) in [6, 6.07) is 15.4. The largest absolute Gasteiger partial charge is 0.356 e. The molecule has 1 unspecified atom stereocenters. The number of nitrogens with one attached hydrogen (secondary N) is 1. The Morgan fingerprint density at radius 2 is 1.83 bits per heavy atom. The van der Waals surface area contributed by atoms with Gasteiger partial charge in [-0.05, 0) is 30.0 Å². The van der Waals surface area contributed by atoms with E-state index in [1.807, 2.05) is 30.3 Å². The fourth-order valence-electron chi connectivity index (χ4n) is 3.09. The van der Waals surface area contributed by atoms with Crippen molar-refractivity contribution >= 4 is 11.7 Å². The maximum atomic E-state index is 14.0. The van der Waals surface area contributed by atoms with Gasteiger partial charge in [-0.3, -0.25) is 9.59 Å². The summed E-state index contributed by atoms with van der Waals surface area (Å²) in [5.74, 6) is -1.05. The van der Waals surface area contributed by atoms with E-state index in [-0.39, 0.29) is 23.2 Å². The van der Waals surface area contributed by atoms with Gasteiger partial charge in [0.05, 0.1) is 5.56 Å². The second-order valence-corrected chi connectivity index (χ2v) is 5.92. The molecular formula is C19H18FNO2. The quantitative estimate of drug-likeness (QED) is 0.861.